The molecule has 2 aromatic rings. The molecule has 0 N–H and O–H groups in total. The summed E-state index contributed by atoms with van der Waals surface area (Å²) in [6.07, 6.45) is 0. The summed E-state index contributed by atoms with van der Waals surface area (Å²) in [5, 5.41) is 0. The molecule has 0 spiro atoms. The summed E-state index contributed by atoms with van der Waals surface area (Å²) in [5.74, 6) is -0.617. The Kier molecular flexibility index (Phi) is 7.23. The standard InChI is InChI=1S/C19H19BrFNO6S/c20-18-13-14(21)1-6-17(18)19(23)28-12-11-27-15-2-4-16(5-3-15)29(24,25)22-7-9-26-10-8-22/h1-6,13H,7-12H2. The largest absolute Gasteiger partial charge is 0.490 e. The maximum Gasteiger partial charge on any atom is 0.339 e. The van der Waals surface area contributed by atoms with Crippen LogP contribution in [0.3, 0.4) is 0 Å². The molecule has 0 aliphatic carbocycles. The molecule has 156 valence electrons. The number of hydrogen-bond donors (Lipinski definition) is 0. The van der Waals surface area contributed by atoms with Crippen LogP contribution in [0, 0.1) is 5.82 Å². The van der Waals surface area contributed by atoms with E-state index >= 15 is 0 Å². The van der Waals surface area contributed by atoms with E-state index in [4.69, 9.17) is 14.2 Å². The van der Waals surface area contributed by atoms with Gasteiger partial charge >= 0.3 is 5.97 Å². The number of carbonyl (C=O) groups excluding carboxylic acids is 1. The summed E-state index contributed by atoms with van der Waals surface area (Å²) in [5.41, 5.74) is 0.212. The number of nitrogens with zero attached hydrogens (tertiary/aromatic N) is 1. The van der Waals surface area contributed by atoms with Gasteiger partial charge in [0.15, 0.2) is 0 Å². The first-order valence-electron chi connectivity index (χ1n) is 8.81. The zero-order valence-electron chi connectivity index (χ0n) is 15.3. The lowest BCUT2D eigenvalue weighted by Gasteiger charge is -2.26. The van der Waals surface area contributed by atoms with Crippen molar-refractivity contribution in [2.45, 2.75) is 4.90 Å². The molecule has 1 saturated heterocycles. The number of hydrogen-bond acceptors (Lipinski definition) is 6. The van der Waals surface area contributed by atoms with Crippen LogP contribution in [0.5, 0.6) is 5.75 Å². The molecule has 1 heterocycles. The monoisotopic (exact) mass is 487 g/mol. The Morgan fingerprint density at radius 3 is 2.45 bits per heavy atom. The number of ether oxygens (including phenoxy) is 3. The molecule has 0 aromatic heterocycles. The fraction of sp³-hybridized carbons (Fsp3) is 0.316. The van der Waals surface area contributed by atoms with E-state index < -0.39 is 21.8 Å². The van der Waals surface area contributed by atoms with Gasteiger partial charge in [-0.3, -0.25) is 0 Å². The van der Waals surface area contributed by atoms with E-state index in [1.54, 1.807) is 12.1 Å². The second kappa shape index (κ2) is 9.66. The van der Waals surface area contributed by atoms with Gasteiger partial charge in [-0.05, 0) is 58.4 Å². The van der Waals surface area contributed by atoms with E-state index in [-0.39, 0.29) is 23.7 Å². The maximum absolute atomic E-state index is 13.1. The topological polar surface area (TPSA) is 82.1 Å². The van der Waals surface area contributed by atoms with Crippen LogP contribution in [-0.2, 0) is 19.5 Å². The van der Waals surface area contributed by atoms with Gasteiger partial charge in [-0.2, -0.15) is 4.31 Å². The molecule has 0 saturated carbocycles. The normalized spacial score (nSPS) is 15.1. The molecule has 0 bridgehead atoms. The Morgan fingerprint density at radius 2 is 1.79 bits per heavy atom. The second-order valence-corrected chi connectivity index (χ2v) is 8.89. The highest BCUT2D eigenvalue weighted by Gasteiger charge is 2.26. The van der Waals surface area contributed by atoms with Crippen LogP contribution in [0.15, 0.2) is 51.8 Å². The summed E-state index contributed by atoms with van der Waals surface area (Å²) in [6.45, 7) is 1.49. The quantitative estimate of drug-likeness (QED) is 0.441. The molecule has 0 unspecified atom stereocenters. The number of halogens is 2. The van der Waals surface area contributed by atoms with E-state index in [1.807, 2.05) is 0 Å². The van der Waals surface area contributed by atoms with Gasteiger partial charge in [0.05, 0.1) is 23.7 Å². The van der Waals surface area contributed by atoms with Gasteiger partial charge in [0.25, 0.3) is 0 Å². The van der Waals surface area contributed by atoms with Crippen molar-refractivity contribution in [2.24, 2.45) is 0 Å². The molecule has 7 nitrogen and oxygen atoms in total. The first kappa shape index (κ1) is 21.7. The Labute approximate surface area is 176 Å². The molecule has 0 amide bonds. The maximum atomic E-state index is 13.1. The van der Waals surface area contributed by atoms with Gasteiger partial charge < -0.3 is 14.2 Å². The third kappa shape index (κ3) is 5.53. The minimum atomic E-state index is -3.56. The number of esters is 1. The van der Waals surface area contributed by atoms with Crippen LogP contribution in [0.2, 0.25) is 0 Å². The first-order valence-corrected chi connectivity index (χ1v) is 11.0. The molecular formula is C19H19BrFNO6S. The van der Waals surface area contributed by atoms with Crippen LogP contribution in [0.1, 0.15) is 10.4 Å². The second-order valence-electron chi connectivity index (χ2n) is 6.10. The SMILES string of the molecule is O=C(OCCOc1ccc(S(=O)(=O)N2CCOCC2)cc1)c1ccc(F)cc1Br. The number of rotatable bonds is 7. The first-order chi connectivity index (χ1) is 13.9. The summed E-state index contributed by atoms with van der Waals surface area (Å²) < 4.78 is 55.6. The Bertz CT molecular complexity index is 961. The molecule has 0 radical (unpaired) electrons. The summed E-state index contributed by atoms with van der Waals surface area (Å²) in [6, 6.07) is 9.72. The van der Waals surface area contributed by atoms with E-state index in [2.05, 4.69) is 15.9 Å². The van der Waals surface area contributed by atoms with Crippen molar-refractivity contribution >= 4 is 31.9 Å². The number of benzene rings is 2. The van der Waals surface area contributed by atoms with Crippen molar-refractivity contribution in [1.82, 2.24) is 4.31 Å². The van der Waals surface area contributed by atoms with Crippen LogP contribution >= 0.6 is 15.9 Å². The van der Waals surface area contributed by atoms with Crippen LogP contribution in [-0.4, -0.2) is 58.2 Å². The van der Waals surface area contributed by atoms with Crippen molar-refractivity contribution in [1.29, 1.82) is 0 Å². The summed E-state index contributed by atoms with van der Waals surface area (Å²) in [4.78, 5) is 12.2. The van der Waals surface area contributed by atoms with Crippen LogP contribution in [0.4, 0.5) is 4.39 Å². The van der Waals surface area contributed by atoms with E-state index in [0.29, 0.717) is 36.5 Å². The molecule has 29 heavy (non-hydrogen) atoms. The zero-order valence-corrected chi connectivity index (χ0v) is 17.7. The molecule has 2 aromatic carbocycles. The molecule has 10 heteroatoms. The number of morpholine rings is 1. The van der Waals surface area contributed by atoms with E-state index in [9.17, 15) is 17.6 Å². The third-order valence-electron chi connectivity index (χ3n) is 4.17. The lowest BCUT2D eigenvalue weighted by molar-refractivity contribution is 0.0449. The van der Waals surface area contributed by atoms with Gasteiger partial charge in [-0.15, -0.1) is 0 Å². The number of carbonyl (C=O) groups is 1. The van der Waals surface area contributed by atoms with E-state index in [0.717, 1.165) is 0 Å². The predicted molar refractivity (Wildman–Crippen MR) is 106 cm³/mol. The smallest absolute Gasteiger partial charge is 0.339 e. The minimum absolute atomic E-state index is 0.0174. The van der Waals surface area contributed by atoms with Gasteiger partial charge in [-0.25, -0.2) is 17.6 Å². The molecule has 1 fully saturated rings. The van der Waals surface area contributed by atoms with Gasteiger partial charge in [-0.1, -0.05) is 0 Å². The average molecular weight is 488 g/mol. The van der Waals surface area contributed by atoms with Crippen molar-refractivity contribution in [3.63, 3.8) is 0 Å². The fourth-order valence-electron chi connectivity index (χ4n) is 2.67. The predicted octanol–water partition coefficient (Wildman–Crippen LogP) is 2.84. The summed E-state index contributed by atoms with van der Waals surface area (Å²) in [7, 11) is -3.56. The highest BCUT2D eigenvalue weighted by molar-refractivity contribution is 9.10. The van der Waals surface area contributed by atoms with Gasteiger partial charge in [0.1, 0.15) is 24.8 Å². The van der Waals surface area contributed by atoms with Crippen molar-refractivity contribution in [2.75, 3.05) is 39.5 Å². The highest BCUT2D eigenvalue weighted by atomic mass is 79.9. The van der Waals surface area contributed by atoms with Crippen molar-refractivity contribution in [3.05, 3.63) is 58.3 Å². The minimum Gasteiger partial charge on any atom is -0.490 e. The van der Waals surface area contributed by atoms with Crippen molar-refractivity contribution < 1.29 is 31.8 Å². The molecule has 1 aliphatic heterocycles. The third-order valence-corrected chi connectivity index (χ3v) is 6.74. The fourth-order valence-corrected chi connectivity index (χ4v) is 4.59. The Morgan fingerprint density at radius 1 is 1.10 bits per heavy atom. The lowest BCUT2D eigenvalue weighted by Crippen LogP contribution is -2.40. The Balaban J connectivity index is 1.49. The van der Waals surface area contributed by atoms with Gasteiger partial charge in [0, 0.05) is 17.6 Å². The van der Waals surface area contributed by atoms with Crippen LogP contribution in [0.25, 0.3) is 0 Å². The lowest BCUT2D eigenvalue weighted by atomic mass is 10.2. The zero-order chi connectivity index (χ0) is 20.9. The summed E-state index contributed by atoms with van der Waals surface area (Å²) >= 11 is 3.11. The number of sulfonamides is 1. The highest BCUT2D eigenvalue weighted by Crippen LogP contribution is 2.21. The average Bonchev–Trinajstić information content (AvgIpc) is 2.72. The molecule has 1 aliphatic rings. The van der Waals surface area contributed by atoms with E-state index in [1.165, 1.54) is 34.6 Å². The molecular weight excluding hydrogens is 469 g/mol. The van der Waals surface area contributed by atoms with Crippen molar-refractivity contribution in [3.8, 4) is 5.75 Å². The van der Waals surface area contributed by atoms with Gasteiger partial charge in [0.2, 0.25) is 10.0 Å². The Hall–Kier alpha value is -2.01. The van der Waals surface area contributed by atoms with Crippen LogP contribution < -0.4 is 4.74 Å². The molecule has 3 rings (SSSR count). The molecule has 0 atom stereocenters.